The number of rotatable bonds is 5. The summed E-state index contributed by atoms with van der Waals surface area (Å²) in [5, 5.41) is 34.3. The summed E-state index contributed by atoms with van der Waals surface area (Å²) in [5.41, 5.74) is -5.31. The molecule has 0 heterocycles. The fraction of sp³-hybridized carbons (Fsp3) is 0.222. The van der Waals surface area contributed by atoms with Gasteiger partial charge in [0.2, 0.25) is 0 Å². The van der Waals surface area contributed by atoms with Gasteiger partial charge in [0.1, 0.15) is 5.60 Å². The number of nitro benzene ring substituents is 3. The van der Waals surface area contributed by atoms with Crippen molar-refractivity contribution in [1.82, 2.24) is 0 Å². The van der Waals surface area contributed by atoms with Crippen molar-refractivity contribution in [1.29, 1.82) is 0 Å². The van der Waals surface area contributed by atoms with E-state index in [1.54, 1.807) is 20.8 Å². The molecule has 0 bridgehead atoms. The monoisotopic (exact) mass is 431 g/mol. The van der Waals surface area contributed by atoms with Gasteiger partial charge in [0.15, 0.2) is 5.78 Å². The van der Waals surface area contributed by atoms with Crippen molar-refractivity contribution in [2.75, 3.05) is 0 Å². The van der Waals surface area contributed by atoms with Gasteiger partial charge in [0.25, 0.3) is 17.1 Å². The number of benzene rings is 2. The molecule has 0 aromatic heterocycles. The van der Waals surface area contributed by atoms with Crippen molar-refractivity contribution in [3.8, 4) is 11.1 Å². The number of nitrogens with zero attached hydrogens (tertiary/aromatic N) is 3. The lowest BCUT2D eigenvalue weighted by molar-refractivity contribution is -0.394. The molecule has 1 aliphatic carbocycles. The molecule has 160 valence electrons. The Morgan fingerprint density at radius 2 is 1.35 bits per heavy atom. The molecule has 0 spiro atoms. The highest BCUT2D eigenvalue weighted by atomic mass is 17.2. The van der Waals surface area contributed by atoms with E-state index in [1.165, 1.54) is 0 Å². The number of nitro groups is 3. The van der Waals surface area contributed by atoms with E-state index in [9.17, 15) is 39.9 Å². The summed E-state index contributed by atoms with van der Waals surface area (Å²) in [6, 6.07) is 3.18. The Kier molecular flexibility index (Phi) is 4.99. The van der Waals surface area contributed by atoms with E-state index in [-0.39, 0.29) is 0 Å². The van der Waals surface area contributed by atoms with E-state index in [2.05, 4.69) is 4.89 Å². The Bertz CT molecular complexity index is 1200. The van der Waals surface area contributed by atoms with E-state index < -0.39 is 77.0 Å². The van der Waals surface area contributed by atoms with Gasteiger partial charge in [-0.05, 0) is 26.8 Å². The zero-order valence-corrected chi connectivity index (χ0v) is 16.2. The van der Waals surface area contributed by atoms with Crippen LogP contribution < -0.4 is 0 Å². The maximum atomic E-state index is 12.9. The maximum Gasteiger partial charge on any atom is 0.373 e. The molecule has 31 heavy (non-hydrogen) atoms. The Labute approximate surface area is 172 Å². The molecular weight excluding hydrogens is 418 g/mol. The first kappa shape index (κ1) is 21.4. The van der Waals surface area contributed by atoms with Crippen LogP contribution in [-0.2, 0) is 9.78 Å². The lowest BCUT2D eigenvalue weighted by Crippen LogP contribution is -2.22. The molecule has 2 aromatic carbocycles. The second kappa shape index (κ2) is 7.21. The summed E-state index contributed by atoms with van der Waals surface area (Å²) in [6.07, 6.45) is 0. The van der Waals surface area contributed by atoms with Gasteiger partial charge in [0.05, 0.1) is 37.5 Å². The van der Waals surface area contributed by atoms with E-state index >= 15 is 0 Å². The smallest absolute Gasteiger partial charge is 0.292 e. The zero-order chi connectivity index (χ0) is 23.2. The summed E-state index contributed by atoms with van der Waals surface area (Å²) in [5.74, 6) is -2.07. The van der Waals surface area contributed by atoms with Crippen molar-refractivity contribution in [3.63, 3.8) is 0 Å². The number of ketones is 1. The molecule has 2 aromatic rings. The van der Waals surface area contributed by atoms with Crippen LogP contribution in [0.1, 0.15) is 47.1 Å². The number of carbonyl (C=O) groups excluding carboxylic acids is 2. The van der Waals surface area contributed by atoms with Crippen LogP contribution in [0.3, 0.4) is 0 Å². The summed E-state index contributed by atoms with van der Waals surface area (Å²) in [6.45, 7) is 4.74. The minimum atomic E-state index is -1.13. The van der Waals surface area contributed by atoms with E-state index in [1.807, 2.05) is 0 Å². The molecule has 1 aliphatic rings. The highest BCUT2D eigenvalue weighted by molar-refractivity contribution is 6.25. The molecule has 0 atom stereocenters. The zero-order valence-electron chi connectivity index (χ0n) is 16.2. The van der Waals surface area contributed by atoms with E-state index in [0.29, 0.717) is 6.07 Å². The average Bonchev–Trinajstić information content (AvgIpc) is 2.96. The van der Waals surface area contributed by atoms with Crippen molar-refractivity contribution in [2.45, 2.75) is 26.4 Å². The fourth-order valence-electron chi connectivity index (χ4n) is 2.99. The molecule has 0 aliphatic heterocycles. The first-order chi connectivity index (χ1) is 14.3. The molecular formula is C18H13N3O10. The number of hydrogen-bond acceptors (Lipinski definition) is 10. The van der Waals surface area contributed by atoms with Crippen LogP contribution in [0.25, 0.3) is 11.1 Å². The van der Waals surface area contributed by atoms with E-state index in [0.717, 1.165) is 18.2 Å². The average molecular weight is 431 g/mol. The van der Waals surface area contributed by atoms with Gasteiger partial charge in [-0.3, -0.25) is 40.0 Å². The Morgan fingerprint density at radius 1 is 0.839 bits per heavy atom. The number of hydrogen-bond donors (Lipinski definition) is 0. The van der Waals surface area contributed by atoms with Gasteiger partial charge in [0, 0.05) is 23.3 Å². The maximum absolute atomic E-state index is 12.9. The summed E-state index contributed by atoms with van der Waals surface area (Å²) >= 11 is 0. The molecule has 13 heteroatoms. The molecule has 13 nitrogen and oxygen atoms in total. The van der Waals surface area contributed by atoms with Crippen LogP contribution in [0, 0.1) is 30.3 Å². The second-order valence-corrected chi connectivity index (χ2v) is 7.47. The predicted octanol–water partition coefficient (Wildman–Crippen LogP) is 3.51. The Balaban J connectivity index is 2.25. The van der Waals surface area contributed by atoms with Crippen LogP contribution in [-0.4, -0.2) is 32.1 Å². The second-order valence-electron chi connectivity index (χ2n) is 7.47. The largest absolute Gasteiger partial charge is 0.373 e. The van der Waals surface area contributed by atoms with Gasteiger partial charge < -0.3 is 0 Å². The topological polar surface area (TPSA) is 182 Å². The van der Waals surface area contributed by atoms with Crippen molar-refractivity contribution in [2.24, 2.45) is 0 Å². The molecule has 0 amide bonds. The highest BCUT2D eigenvalue weighted by Crippen LogP contribution is 2.48. The molecule has 0 N–H and O–H groups in total. The lowest BCUT2D eigenvalue weighted by Gasteiger charge is -2.16. The minimum Gasteiger partial charge on any atom is -0.292 e. The third-order valence-corrected chi connectivity index (χ3v) is 4.17. The molecule has 0 radical (unpaired) electrons. The molecule has 0 saturated heterocycles. The van der Waals surface area contributed by atoms with Crippen molar-refractivity contribution >= 4 is 28.8 Å². The van der Waals surface area contributed by atoms with Crippen LogP contribution >= 0.6 is 0 Å². The standard InChI is InChI=1S/C18H13N3O10/c1-18(2,3)31-30-17(23)8-4-10-14(12(5-8)20(26)27)15-11(16(10)22)6-9(19(24)25)7-13(15)21(28)29/h4-7H,1-3H3. The summed E-state index contributed by atoms with van der Waals surface area (Å²) in [4.78, 5) is 66.1. The third-order valence-electron chi connectivity index (χ3n) is 4.17. The van der Waals surface area contributed by atoms with Gasteiger partial charge in [-0.1, -0.05) is 0 Å². The SMILES string of the molecule is CC(C)(C)OOC(=O)c1cc2c(c([N+](=O)[O-])c1)-c1c(cc([N+](=O)[O-])cc1[N+](=O)[O-])C2=O. The normalized spacial score (nSPS) is 12.2. The van der Waals surface area contributed by atoms with Crippen molar-refractivity contribution in [3.05, 3.63) is 71.3 Å². The van der Waals surface area contributed by atoms with Gasteiger partial charge in [-0.2, -0.15) is 4.89 Å². The highest BCUT2D eigenvalue weighted by Gasteiger charge is 2.41. The predicted molar refractivity (Wildman–Crippen MR) is 102 cm³/mol. The minimum absolute atomic E-state index is 0.393. The first-order valence-electron chi connectivity index (χ1n) is 8.56. The fourth-order valence-corrected chi connectivity index (χ4v) is 2.99. The molecule has 0 saturated carbocycles. The van der Waals surface area contributed by atoms with E-state index in [4.69, 9.17) is 4.89 Å². The molecule has 0 unspecified atom stereocenters. The van der Waals surface area contributed by atoms with Crippen LogP contribution in [0.15, 0.2) is 24.3 Å². The van der Waals surface area contributed by atoms with Crippen LogP contribution in [0.2, 0.25) is 0 Å². The quantitative estimate of drug-likeness (QED) is 0.329. The summed E-state index contributed by atoms with van der Waals surface area (Å²) in [7, 11) is 0. The molecule has 0 fully saturated rings. The lowest BCUT2D eigenvalue weighted by atomic mass is 9.99. The Hall–Kier alpha value is -4.26. The third kappa shape index (κ3) is 3.81. The first-order valence-corrected chi connectivity index (χ1v) is 8.56. The number of non-ortho nitro benzene ring substituents is 1. The van der Waals surface area contributed by atoms with Gasteiger partial charge >= 0.3 is 5.97 Å². The Morgan fingerprint density at radius 3 is 1.84 bits per heavy atom. The van der Waals surface area contributed by atoms with Crippen LogP contribution in [0.5, 0.6) is 0 Å². The summed E-state index contributed by atoms with van der Waals surface area (Å²) < 4.78 is 0. The van der Waals surface area contributed by atoms with Gasteiger partial charge in [-0.15, -0.1) is 0 Å². The van der Waals surface area contributed by atoms with Crippen LogP contribution in [0.4, 0.5) is 17.1 Å². The number of carbonyl (C=O) groups is 2. The van der Waals surface area contributed by atoms with Crippen molar-refractivity contribution < 1.29 is 34.1 Å². The molecule has 3 rings (SSSR count). The number of fused-ring (bicyclic) bond motifs is 3. The van der Waals surface area contributed by atoms with Gasteiger partial charge in [-0.25, -0.2) is 4.79 Å².